The summed E-state index contributed by atoms with van der Waals surface area (Å²) in [4.78, 5) is 12.9. The van der Waals surface area contributed by atoms with Crippen LogP contribution in [-0.2, 0) is 14.2 Å². The fourth-order valence-electron chi connectivity index (χ4n) is 4.75. The van der Waals surface area contributed by atoms with E-state index in [2.05, 4.69) is 0 Å². The smallest absolute Gasteiger partial charge is 0.229 e. The van der Waals surface area contributed by atoms with Crippen molar-refractivity contribution in [2.24, 2.45) is 0 Å². The Kier molecular flexibility index (Phi) is 10.7. The van der Waals surface area contributed by atoms with Crippen molar-refractivity contribution in [1.29, 1.82) is 0 Å². The van der Waals surface area contributed by atoms with Crippen LogP contribution in [0.25, 0.3) is 6.08 Å². The highest BCUT2D eigenvalue weighted by molar-refractivity contribution is 6.10. The van der Waals surface area contributed by atoms with Gasteiger partial charge in [-0.05, 0) is 30.7 Å². The largest absolute Gasteiger partial charge is 0.507 e. The van der Waals surface area contributed by atoms with E-state index in [1.807, 2.05) is 0 Å². The predicted molar refractivity (Wildman–Crippen MR) is 148 cm³/mol. The Bertz CT molecular complexity index is 1330. The molecule has 2 heterocycles. The third kappa shape index (κ3) is 7.07. The molecule has 2 aromatic carbocycles. The van der Waals surface area contributed by atoms with Crippen molar-refractivity contribution in [3.05, 3.63) is 47.5 Å². The van der Waals surface area contributed by atoms with Crippen molar-refractivity contribution >= 4 is 11.9 Å². The van der Waals surface area contributed by atoms with Gasteiger partial charge in [0.25, 0.3) is 0 Å². The second kappa shape index (κ2) is 14.1. The van der Waals surface area contributed by atoms with Gasteiger partial charge in [-0.1, -0.05) is 12.1 Å². The Morgan fingerprint density at radius 3 is 2.11 bits per heavy atom. The van der Waals surface area contributed by atoms with Gasteiger partial charge >= 0.3 is 0 Å². The number of phenolic OH excluding ortho intramolecular Hbond substituents is 2. The number of ether oxygens (including phenoxy) is 6. The fraction of sp³-hybridized carbons (Fsp3) is 0.483. The average Bonchev–Trinajstić information content (AvgIpc) is 3.00. The van der Waals surface area contributed by atoms with Gasteiger partial charge in [-0.15, -0.1) is 0 Å². The van der Waals surface area contributed by atoms with Gasteiger partial charge in [-0.2, -0.15) is 0 Å². The molecule has 15 nitrogen and oxygen atoms in total. The van der Waals surface area contributed by atoms with Crippen molar-refractivity contribution in [2.45, 2.75) is 68.3 Å². The maximum Gasteiger partial charge on any atom is 0.229 e. The van der Waals surface area contributed by atoms with E-state index in [4.69, 9.17) is 28.4 Å². The predicted octanol–water partition coefficient (Wildman–Crippen LogP) is -0.958. The van der Waals surface area contributed by atoms with Crippen LogP contribution < -0.4 is 14.2 Å². The molecule has 15 heteroatoms. The van der Waals surface area contributed by atoms with Gasteiger partial charge in [0, 0.05) is 12.1 Å². The Morgan fingerprint density at radius 1 is 0.795 bits per heavy atom. The number of hydrogen-bond donors (Lipinski definition) is 8. The first-order valence-corrected chi connectivity index (χ1v) is 13.5. The number of rotatable bonds is 10. The summed E-state index contributed by atoms with van der Waals surface area (Å²) >= 11 is 0. The van der Waals surface area contributed by atoms with E-state index in [1.165, 1.54) is 45.4 Å². The van der Waals surface area contributed by atoms with Crippen molar-refractivity contribution < 1.29 is 74.1 Å². The monoisotopic (exact) mass is 624 g/mol. The van der Waals surface area contributed by atoms with Crippen LogP contribution in [0.3, 0.4) is 0 Å². The van der Waals surface area contributed by atoms with E-state index in [-0.39, 0.29) is 28.6 Å². The minimum Gasteiger partial charge on any atom is -0.507 e. The molecule has 10 atom stereocenters. The second-order valence-electron chi connectivity index (χ2n) is 10.3. The average molecular weight is 625 g/mol. The van der Waals surface area contributed by atoms with E-state index in [9.17, 15) is 45.6 Å². The van der Waals surface area contributed by atoms with Gasteiger partial charge in [0.15, 0.2) is 23.6 Å². The number of methoxy groups -OCH3 is 2. The summed E-state index contributed by atoms with van der Waals surface area (Å²) in [6.07, 6.45) is -12.4. The second-order valence-corrected chi connectivity index (χ2v) is 10.3. The van der Waals surface area contributed by atoms with E-state index in [1.54, 1.807) is 6.07 Å². The minimum atomic E-state index is -1.77. The highest BCUT2D eigenvalue weighted by Crippen LogP contribution is 2.36. The van der Waals surface area contributed by atoms with Crippen LogP contribution in [0.4, 0.5) is 0 Å². The van der Waals surface area contributed by atoms with Crippen molar-refractivity contribution in [3.8, 4) is 28.7 Å². The molecule has 0 saturated carbocycles. The minimum absolute atomic E-state index is 0.101. The Labute approximate surface area is 251 Å². The zero-order chi connectivity index (χ0) is 32.3. The SMILES string of the molecule is COc1ccc(/C=C/C(=O)c2c(O)cc(O[C@H]3O[C@@H](CO[C@@H]4O[C@H](C)[C@H](O)[C@@H](O)[C@@H]4O)[C@H](O)[C@@H](O)[C@@H]3O)cc2OC)cc1O. The number of carbonyl (C=O) groups is 1. The zero-order valence-corrected chi connectivity index (χ0v) is 24.0. The lowest BCUT2D eigenvalue weighted by atomic mass is 9.98. The first-order valence-electron chi connectivity index (χ1n) is 13.5. The summed E-state index contributed by atoms with van der Waals surface area (Å²) in [5.41, 5.74) is 0.263. The zero-order valence-electron chi connectivity index (χ0n) is 24.0. The normalized spacial score (nSPS) is 32.4. The molecule has 0 bridgehead atoms. The highest BCUT2D eigenvalue weighted by atomic mass is 16.7. The number of benzene rings is 2. The van der Waals surface area contributed by atoms with Gasteiger partial charge in [0.05, 0.1) is 26.9 Å². The lowest BCUT2D eigenvalue weighted by Crippen LogP contribution is -2.61. The Balaban J connectivity index is 1.46. The number of aromatic hydroxyl groups is 2. The third-order valence-corrected chi connectivity index (χ3v) is 7.31. The van der Waals surface area contributed by atoms with Crippen LogP contribution in [0, 0.1) is 0 Å². The number of aliphatic hydroxyl groups is 6. The lowest BCUT2D eigenvalue weighted by Gasteiger charge is -2.42. The molecular formula is C29H36O15. The maximum absolute atomic E-state index is 12.9. The maximum atomic E-state index is 12.9. The Hall–Kier alpha value is -3.51. The molecule has 2 saturated heterocycles. The molecular weight excluding hydrogens is 588 g/mol. The van der Waals surface area contributed by atoms with Crippen molar-refractivity contribution in [3.63, 3.8) is 0 Å². The Morgan fingerprint density at radius 2 is 1.45 bits per heavy atom. The molecule has 44 heavy (non-hydrogen) atoms. The molecule has 2 aliphatic heterocycles. The number of ketones is 1. The molecule has 0 spiro atoms. The summed E-state index contributed by atoms with van der Waals surface area (Å²) in [5, 5.41) is 82.0. The lowest BCUT2D eigenvalue weighted by molar-refractivity contribution is -0.318. The number of allylic oxidation sites excluding steroid dienone is 1. The molecule has 2 aliphatic rings. The molecule has 2 aromatic rings. The third-order valence-electron chi connectivity index (χ3n) is 7.31. The van der Waals surface area contributed by atoms with E-state index < -0.39 is 79.6 Å². The molecule has 0 amide bonds. The standard InChI is InChI=1S/C29H36O15/c1-12-22(33)24(35)26(37)28(42-12)41-11-20-23(34)25(36)27(38)29(44-20)43-14-9-17(32)21(19(10-14)40-3)15(30)6-4-13-5-7-18(39-2)16(31)8-13/h4-10,12,20,22-29,31-38H,11H2,1-3H3/b6-4+/t12-,20+,22+,23+,24-,25-,26+,27+,28-,29+/m1/s1. The molecule has 242 valence electrons. The molecule has 0 unspecified atom stereocenters. The quantitative estimate of drug-likeness (QED) is 0.117. The first-order chi connectivity index (χ1) is 20.9. The van der Waals surface area contributed by atoms with Crippen molar-refractivity contribution in [1.82, 2.24) is 0 Å². The topological polar surface area (TPSA) is 234 Å². The van der Waals surface area contributed by atoms with Gasteiger partial charge in [0.1, 0.15) is 65.5 Å². The fourth-order valence-corrected chi connectivity index (χ4v) is 4.75. The molecule has 0 aromatic heterocycles. The molecule has 0 radical (unpaired) electrons. The summed E-state index contributed by atoms with van der Waals surface area (Å²) in [6, 6.07) is 6.80. The van der Waals surface area contributed by atoms with Gasteiger partial charge in [-0.25, -0.2) is 0 Å². The van der Waals surface area contributed by atoms with Gasteiger partial charge in [0.2, 0.25) is 6.29 Å². The molecule has 8 N–H and O–H groups in total. The van der Waals surface area contributed by atoms with Crippen LogP contribution in [0.15, 0.2) is 36.4 Å². The van der Waals surface area contributed by atoms with E-state index in [0.717, 1.165) is 12.1 Å². The first kappa shape index (κ1) is 33.4. The summed E-state index contributed by atoms with van der Waals surface area (Å²) in [7, 11) is 2.65. The summed E-state index contributed by atoms with van der Waals surface area (Å²) in [5.74, 6) is -1.31. The van der Waals surface area contributed by atoms with Crippen LogP contribution in [0.5, 0.6) is 28.7 Å². The van der Waals surface area contributed by atoms with Crippen LogP contribution in [0.2, 0.25) is 0 Å². The van der Waals surface area contributed by atoms with Crippen LogP contribution in [0.1, 0.15) is 22.8 Å². The highest BCUT2D eigenvalue weighted by Gasteiger charge is 2.47. The van der Waals surface area contributed by atoms with Crippen LogP contribution in [-0.4, -0.2) is 129 Å². The summed E-state index contributed by atoms with van der Waals surface area (Å²) in [6.45, 7) is 0.958. The summed E-state index contributed by atoms with van der Waals surface area (Å²) < 4.78 is 32.3. The number of hydrogen-bond acceptors (Lipinski definition) is 15. The van der Waals surface area contributed by atoms with Gasteiger partial charge < -0.3 is 69.3 Å². The molecule has 4 rings (SSSR count). The van der Waals surface area contributed by atoms with E-state index >= 15 is 0 Å². The van der Waals surface area contributed by atoms with Crippen molar-refractivity contribution in [2.75, 3.05) is 20.8 Å². The number of aliphatic hydroxyl groups excluding tert-OH is 6. The van der Waals surface area contributed by atoms with Crippen LogP contribution >= 0.6 is 0 Å². The number of carbonyl (C=O) groups excluding carboxylic acids is 1. The molecule has 2 fully saturated rings. The van der Waals surface area contributed by atoms with E-state index in [0.29, 0.717) is 5.56 Å². The number of phenols is 2. The van der Waals surface area contributed by atoms with Gasteiger partial charge in [-0.3, -0.25) is 4.79 Å². The molecule has 0 aliphatic carbocycles.